The van der Waals surface area contributed by atoms with Crippen molar-refractivity contribution in [2.45, 2.75) is 18.7 Å². The SMILES string of the molecule is CCNS(=O)(=O)c1ccc(C)c(C(=O)N2CCN(C)CC2)c1. The number of aryl methyl sites for hydroxylation is 1. The summed E-state index contributed by atoms with van der Waals surface area (Å²) in [6.07, 6.45) is 0. The minimum atomic E-state index is -3.55. The number of carbonyl (C=O) groups is 1. The van der Waals surface area contributed by atoms with E-state index in [0.717, 1.165) is 18.7 Å². The maximum atomic E-state index is 12.7. The molecule has 0 bridgehead atoms. The molecule has 1 fully saturated rings. The summed E-state index contributed by atoms with van der Waals surface area (Å²) in [5, 5.41) is 0. The Kier molecular flexibility index (Phi) is 5.20. The van der Waals surface area contributed by atoms with Gasteiger partial charge in [-0.3, -0.25) is 4.79 Å². The van der Waals surface area contributed by atoms with E-state index in [1.807, 2.05) is 14.0 Å². The number of likely N-dealkylation sites (N-methyl/N-ethyl adjacent to an activating group) is 1. The van der Waals surface area contributed by atoms with Gasteiger partial charge in [0.25, 0.3) is 5.91 Å². The number of hydrogen-bond donors (Lipinski definition) is 1. The molecule has 22 heavy (non-hydrogen) atoms. The molecule has 1 saturated heterocycles. The number of benzene rings is 1. The van der Waals surface area contributed by atoms with Crippen LogP contribution in [0, 0.1) is 6.92 Å². The number of nitrogens with zero attached hydrogens (tertiary/aromatic N) is 2. The first-order valence-corrected chi connectivity index (χ1v) is 8.91. The van der Waals surface area contributed by atoms with Crippen molar-refractivity contribution in [3.05, 3.63) is 29.3 Å². The predicted octanol–water partition coefficient (Wildman–Crippen LogP) is 0.681. The van der Waals surface area contributed by atoms with Gasteiger partial charge < -0.3 is 9.80 Å². The van der Waals surface area contributed by atoms with E-state index in [1.165, 1.54) is 12.1 Å². The molecule has 0 saturated carbocycles. The van der Waals surface area contributed by atoms with Gasteiger partial charge in [-0.2, -0.15) is 0 Å². The lowest BCUT2D eigenvalue weighted by Crippen LogP contribution is -2.47. The van der Waals surface area contributed by atoms with Gasteiger partial charge in [-0.05, 0) is 31.7 Å². The average Bonchev–Trinajstić information content (AvgIpc) is 2.47. The van der Waals surface area contributed by atoms with E-state index in [1.54, 1.807) is 17.9 Å². The third-order valence-electron chi connectivity index (χ3n) is 3.87. The van der Waals surface area contributed by atoms with Gasteiger partial charge in [0.1, 0.15) is 0 Å². The van der Waals surface area contributed by atoms with Crippen LogP contribution in [-0.2, 0) is 10.0 Å². The zero-order valence-corrected chi connectivity index (χ0v) is 14.1. The molecule has 0 radical (unpaired) electrons. The highest BCUT2D eigenvalue weighted by atomic mass is 32.2. The fraction of sp³-hybridized carbons (Fsp3) is 0.533. The lowest BCUT2D eigenvalue weighted by atomic mass is 10.1. The standard InChI is InChI=1S/C15H23N3O3S/c1-4-16-22(20,21)13-6-5-12(2)14(11-13)15(19)18-9-7-17(3)8-10-18/h5-6,11,16H,4,7-10H2,1-3H3. The first kappa shape index (κ1) is 16.9. The van der Waals surface area contributed by atoms with Crippen LogP contribution in [0.1, 0.15) is 22.8 Å². The zero-order chi connectivity index (χ0) is 16.3. The molecular formula is C15H23N3O3S. The Morgan fingerprint density at radius 3 is 2.45 bits per heavy atom. The monoisotopic (exact) mass is 325 g/mol. The number of nitrogens with one attached hydrogen (secondary N) is 1. The van der Waals surface area contributed by atoms with Gasteiger partial charge in [0.2, 0.25) is 10.0 Å². The normalized spacial score (nSPS) is 16.8. The molecule has 2 rings (SSSR count). The van der Waals surface area contributed by atoms with Gasteiger partial charge in [0.05, 0.1) is 4.90 Å². The maximum absolute atomic E-state index is 12.7. The fourth-order valence-corrected chi connectivity index (χ4v) is 3.52. The van der Waals surface area contributed by atoms with E-state index in [9.17, 15) is 13.2 Å². The summed E-state index contributed by atoms with van der Waals surface area (Å²) in [5.74, 6) is -0.0980. The Bertz CT molecular complexity index is 650. The summed E-state index contributed by atoms with van der Waals surface area (Å²) >= 11 is 0. The molecule has 0 aliphatic carbocycles. The average molecular weight is 325 g/mol. The molecule has 1 aromatic rings. The van der Waals surface area contributed by atoms with E-state index in [0.29, 0.717) is 25.2 Å². The Balaban J connectivity index is 2.29. The van der Waals surface area contributed by atoms with E-state index in [2.05, 4.69) is 9.62 Å². The van der Waals surface area contributed by atoms with E-state index in [4.69, 9.17) is 0 Å². The highest BCUT2D eigenvalue weighted by Crippen LogP contribution is 2.18. The van der Waals surface area contributed by atoms with Crippen LogP contribution >= 0.6 is 0 Å². The summed E-state index contributed by atoms with van der Waals surface area (Å²) in [6.45, 7) is 6.87. The van der Waals surface area contributed by atoms with Crippen LogP contribution in [0.15, 0.2) is 23.1 Å². The Hall–Kier alpha value is -1.44. The number of carbonyl (C=O) groups excluding carboxylic acids is 1. The second kappa shape index (κ2) is 6.76. The lowest BCUT2D eigenvalue weighted by molar-refractivity contribution is 0.0663. The van der Waals surface area contributed by atoms with Crippen molar-refractivity contribution in [2.24, 2.45) is 0 Å². The van der Waals surface area contributed by atoms with Crippen molar-refractivity contribution in [1.82, 2.24) is 14.5 Å². The van der Waals surface area contributed by atoms with Crippen LogP contribution in [0.2, 0.25) is 0 Å². The van der Waals surface area contributed by atoms with Crippen molar-refractivity contribution in [3.8, 4) is 0 Å². The third kappa shape index (κ3) is 3.66. The van der Waals surface area contributed by atoms with Crippen LogP contribution < -0.4 is 4.72 Å². The van der Waals surface area contributed by atoms with Gasteiger partial charge in [0.15, 0.2) is 0 Å². The molecule has 1 amide bonds. The zero-order valence-electron chi connectivity index (χ0n) is 13.3. The van der Waals surface area contributed by atoms with Gasteiger partial charge >= 0.3 is 0 Å². The molecule has 1 aromatic carbocycles. The van der Waals surface area contributed by atoms with Gasteiger partial charge in [-0.25, -0.2) is 13.1 Å². The molecule has 6 nitrogen and oxygen atoms in total. The largest absolute Gasteiger partial charge is 0.336 e. The molecule has 1 aliphatic heterocycles. The highest BCUT2D eigenvalue weighted by molar-refractivity contribution is 7.89. The molecule has 1 heterocycles. The van der Waals surface area contributed by atoms with Gasteiger partial charge in [-0.15, -0.1) is 0 Å². The smallest absolute Gasteiger partial charge is 0.254 e. The number of sulfonamides is 1. The van der Waals surface area contributed by atoms with Crippen molar-refractivity contribution in [1.29, 1.82) is 0 Å². The minimum Gasteiger partial charge on any atom is -0.336 e. The Morgan fingerprint density at radius 2 is 1.86 bits per heavy atom. The Morgan fingerprint density at radius 1 is 1.23 bits per heavy atom. The van der Waals surface area contributed by atoms with Crippen LogP contribution in [-0.4, -0.2) is 63.9 Å². The fourth-order valence-electron chi connectivity index (χ4n) is 2.45. The number of rotatable bonds is 4. The van der Waals surface area contributed by atoms with Crippen molar-refractivity contribution >= 4 is 15.9 Å². The first-order chi connectivity index (χ1) is 10.3. The van der Waals surface area contributed by atoms with Crippen LogP contribution in [0.5, 0.6) is 0 Å². The van der Waals surface area contributed by atoms with Crippen LogP contribution in [0.4, 0.5) is 0 Å². The lowest BCUT2D eigenvalue weighted by Gasteiger charge is -2.32. The van der Waals surface area contributed by atoms with E-state index < -0.39 is 10.0 Å². The van der Waals surface area contributed by atoms with E-state index >= 15 is 0 Å². The quantitative estimate of drug-likeness (QED) is 0.884. The first-order valence-electron chi connectivity index (χ1n) is 7.43. The minimum absolute atomic E-state index is 0.0980. The Labute approximate surface area is 132 Å². The summed E-state index contributed by atoms with van der Waals surface area (Å²) in [7, 11) is -1.53. The summed E-state index contributed by atoms with van der Waals surface area (Å²) < 4.78 is 26.6. The summed E-state index contributed by atoms with van der Waals surface area (Å²) in [5.41, 5.74) is 1.25. The molecule has 0 aromatic heterocycles. The van der Waals surface area contributed by atoms with E-state index in [-0.39, 0.29) is 10.8 Å². The third-order valence-corrected chi connectivity index (χ3v) is 5.42. The second-order valence-electron chi connectivity index (χ2n) is 5.57. The predicted molar refractivity (Wildman–Crippen MR) is 85.4 cm³/mol. The molecule has 0 spiro atoms. The molecular weight excluding hydrogens is 302 g/mol. The molecule has 122 valence electrons. The molecule has 0 unspecified atom stereocenters. The highest BCUT2D eigenvalue weighted by Gasteiger charge is 2.23. The molecule has 0 atom stereocenters. The molecule has 1 N–H and O–H groups in total. The van der Waals surface area contributed by atoms with Crippen LogP contribution in [0.3, 0.4) is 0 Å². The van der Waals surface area contributed by atoms with Gasteiger partial charge in [-0.1, -0.05) is 13.0 Å². The molecule has 1 aliphatic rings. The topological polar surface area (TPSA) is 69.7 Å². The number of piperazine rings is 1. The number of hydrogen-bond acceptors (Lipinski definition) is 4. The number of amides is 1. The van der Waals surface area contributed by atoms with Crippen molar-refractivity contribution < 1.29 is 13.2 Å². The summed E-state index contributed by atoms with van der Waals surface area (Å²) in [6, 6.07) is 4.70. The second-order valence-corrected chi connectivity index (χ2v) is 7.34. The molecule has 7 heteroatoms. The van der Waals surface area contributed by atoms with Gasteiger partial charge in [0, 0.05) is 38.3 Å². The van der Waals surface area contributed by atoms with Crippen molar-refractivity contribution in [2.75, 3.05) is 39.8 Å². The van der Waals surface area contributed by atoms with Crippen LogP contribution in [0.25, 0.3) is 0 Å². The van der Waals surface area contributed by atoms with Crippen molar-refractivity contribution in [3.63, 3.8) is 0 Å². The summed E-state index contributed by atoms with van der Waals surface area (Å²) in [4.78, 5) is 16.7. The maximum Gasteiger partial charge on any atom is 0.254 e.